The van der Waals surface area contributed by atoms with Gasteiger partial charge < -0.3 is 10.3 Å². The summed E-state index contributed by atoms with van der Waals surface area (Å²) in [6.45, 7) is 18.8. The summed E-state index contributed by atoms with van der Waals surface area (Å²) >= 11 is 0. The third-order valence-corrected chi connectivity index (χ3v) is 7.46. The van der Waals surface area contributed by atoms with Gasteiger partial charge in [0.25, 0.3) is 0 Å². The van der Waals surface area contributed by atoms with Gasteiger partial charge in [0.15, 0.2) is 0 Å². The first-order valence-corrected chi connectivity index (χ1v) is 13.6. The molecule has 1 heterocycles. The maximum Gasteiger partial charge on any atom is 0.0572 e. The monoisotopic (exact) mass is 522 g/mol. The minimum atomic E-state index is 0.753. The third kappa shape index (κ3) is 5.48. The second-order valence-electron chi connectivity index (χ2n) is 9.71. The van der Waals surface area contributed by atoms with Crippen molar-refractivity contribution >= 4 is 28.5 Å². The van der Waals surface area contributed by atoms with E-state index in [9.17, 15) is 0 Å². The molecule has 0 spiro atoms. The van der Waals surface area contributed by atoms with Gasteiger partial charge in [0.1, 0.15) is 0 Å². The van der Waals surface area contributed by atoms with Gasteiger partial charge in [-0.1, -0.05) is 105 Å². The van der Waals surface area contributed by atoms with E-state index in [0.717, 1.165) is 51.3 Å². The lowest BCUT2D eigenvalue weighted by Crippen LogP contribution is -2.03. The molecular weight excluding hydrogens is 484 g/mol. The van der Waals surface area contributed by atoms with Crippen molar-refractivity contribution in [3.05, 3.63) is 157 Å². The van der Waals surface area contributed by atoms with Gasteiger partial charge >= 0.3 is 0 Å². The van der Waals surface area contributed by atoms with Gasteiger partial charge in [-0.25, -0.2) is 0 Å². The molecular formula is C38H38N2. The first-order chi connectivity index (χ1) is 19.5. The molecule has 2 nitrogen and oxygen atoms in total. The van der Waals surface area contributed by atoms with Crippen molar-refractivity contribution < 1.29 is 0 Å². The van der Waals surface area contributed by atoms with Crippen LogP contribution in [-0.4, -0.2) is 4.57 Å². The molecule has 0 aliphatic rings. The molecule has 40 heavy (non-hydrogen) atoms. The Hall–Kier alpha value is -4.82. The molecule has 0 saturated carbocycles. The second-order valence-corrected chi connectivity index (χ2v) is 9.71. The van der Waals surface area contributed by atoms with Crippen molar-refractivity contribution in [1.82, 2.24) is 4.57 Å². The zero-order chi connectivity index (χ0) is 28.6. The van der Waals surface area contributed by atoms with Gasteiger partial charge in [0.2, 0.25) is 0 Å². The third-order valence-electron chi connectivity index (χ3n) is 7.46. The molecule has 4 aromatic rings. The lowest BCUT2D eigenvalue weighted by molar-refractivity contribution is 1.07. The maximum absolute atomic E-state index is 5.51. The molecule has 4 rings (SSSR count). The van der Waals surface area contributed by atoms with Crippen molar-refractivity contribution in [3.8, 4) is 16.9 Å². The van der Waals surface area contributed by atoms with Gasteiger partial charge in [0, 0.05) is 16.6 Å². The fourth-order valence-electron chi connectivity index (χ4n) is 5.23. The highest BCUT2D eigenvalue weighted by Crippen LogP contribution is 2.39. The predicted octanol–water partition coefficient (Wildman–Crippen LogP) is 10.1. The number of rotatable bonds is 10. The Morgan fingerprint density at radius 1 is 0.900 bits per heavy atom. The molecule has 1 aromatic heterocycles. The van der Waals surface area contributed by atoms with Crippen LogP contribution in [0.25, 0.3) is 45.4 Å². The van der Waals surface area contributed by atoms with Crippen molar-refractivity contribution in [2.24, 2.45) is 5.73 Å². The number of hydrogen-bond donors (Lipinski definition) is 1. The average molecular weight is 523 g/mol. The molecule has 0 aliphatic heterocycles. The van der Waals surface area contributed by atoms with Crippen LogP contribution in [0.1, 0.15) is 41.3 Å². The van der Waals surface area contributed by atoms with E-state index in [0.29, 0.717) is 0 Å². The molecule has 3 aromatic carbocycles. The van der Waals surface area contributed by atoms with Crippen LogP contribution in [0.15, 0.2) is 129 Å². The van der Waals surface area contributed by atoms with E-state index in [4.69, 9.17) is 5.73 Å². The van der Waals surface area contributed by atoms with Crippen LogP contribution in [0.2, 0.25) is 0 Å². The second kappa shape index (κ2) is 12.8. The summed E-state index contributed by atoms with van der Waals surface area (Å²) in [4.78, 5) is 0. The van der Waals surface area contributed by atoms with Crippen LogP contribution < -0.4 is 5.73 Å². The van der Waals surface area contributed by atoms with Crippen LogP contribution >= 0.6 is 0 Å². The normalized spacial score (nSPS) is 12.5. The van der Waals surface area contributed by atoms with Crippen LogP contribution in [-0.2, 0) is 0 Å². The van der Waals surface area contributed by atoms with Gasteiger partial charge in [-0.15, -0.1) is 0 Å². The van der Waals surface area contributed by atoms with Gasteiger partial charge in [-0.2, -0.15) is 0 Å². The molecule has 2 heteroatoms. The fourth-order valence-corrected chi connectivity index (χ4v) is 5.23. The first kappa shape index (κ1) is 28.2. The Morgan fingerprint density at radius 2 is 1.68 bits per heavy atom. The van der Waals surface area contributed by atoms with Crippen molar-refractivity contribution in [2.75, 3.05) is 0 Å². The summed E-state index contributed by atoms with van der Waals surface area (Å²) in [5.41, 5.74) is 17.0. The van der Waals surface area contributed by atoms with Crippen molar-refractivity contribution in [1.29, 1.82) is 0 Å². The summed E-state index contributed by atoms with van der Waals surface area (Å²) < 4.78 is 2.41. The fraction of sp³-hybridized carbons (Fsp3) is 0.105. The lowest BCUT2D eigenvalue weighted by atomic mass is 9.95. The molecule has 0 aliphatic carbocycles. The van der Waals surface area contributed by atoms with Crippen LogP contribution in [0, 0.1) is 13.8 Å². The summed E-state index contributed by atoms with van der Waals surface area (Å²) in [7, 11) is 0. The highest BCUT2D eigenvalue weighted by molar-refractivity contribution is 5.93. The Balaban J connectivity index is 2.08. The Morgan fingerprint density at radius 3 is 2.38 bits per heavy atom. The van der Waals surface area contributed by atoms with Gasteiger partial charge in [-0.3, -0.25) is 0 Å². The lowest BCUT2D eigenvalue weighted by Gasteiger charge is -2.18. The molecule has 200 valence electrons. The number of fused-ring (bicyclic) bond motifs is 1. The van der Waals surface area contributed by atoms with E-state index in [1.807, 2.05) is 37.3 Å². The number of hydrogen-bond acceptors (Lipinski definition) is 1. The van der Waals surface area contributed by atoms with Crippen LogP contribution in [0.3, 0.4) is 0 Å². The molecule has 0 bridgehead atoms. The van der Waals surface area contributed by atoms with Crippen molar-refractivity contribution in [3.63, 3.8) is 0 Å². The first-order valence-electron chi connectivity index (χ1n) is 13.6. The van der Waals surface area contributed by atoms with E-state index in [1.165, 1.54) is 28.1 Å². The number of benzene rings is 3. The Bertz CT molecular complexity index is 1690. The van der Waals surface area contributed by atoms with Gasteiger partial charge in [-0.05, 0) is 96.5 Å². The van der Waals surface area contributed by atoms with E-state index >= 15 is 0 Å². The summed E-state index contributed by atoms with van der Waals surface area (Å²) in [5, 5.41) is 2.40. The molecule has 2 N–H and O–H groups in total. The number of nitrogens with two attached hydrogens (primary N) is 1. The summed E-state index contributed by atoms with van der Waals surface area (Å²) in [6.07, 6.45) is 18.3. The topological polar surface area (TPSA) is 30.9 Å². The van der Waals surface area contributed by atoms with E-state index in [1.54, 1.807) is 0 Å². The van der Waals surface area contributed by atoms with E-state index < -0.39 is 0 Å². The average Bonchev–Trinajstić information content (AvgIpc) is 3.23. The van der Waals surface area contributed by atoms with E-state index in [2.05, 4.69) is 117 Å². The minimum Gasteiger partial charge on any atom is -0.405 e. The zero-order valence-corrected chi connectivity index (χ0v) is 23.8. The smallest absolute Gasteiger partial charge is 0.0572 e. The molecule has 0 atom stereocenters. The zero-order valence-electron chi connectivity index (χ0n) is 23.8. The molecule has 0 unspecified atom stereocenters. The van der Waals surface area contributed by atoms with E-state index in [-0.39, 0.29) is 0 Å². The molecule has 0 saturated heterocycles. The SMILES string of the molecule is C=C/C(=C\c1c(C)c(C)c(-c2ccc(/C(C=C)=C/C)cc2C=C)n1-c1cccc2ccccc12)C/C=C\C=C/N. The summed E-state index contributed by atoms with van der Waals surface area (Å²) in [5.74, 6) is 0. The minimum absolute atomic E-state index is 0.753. The van der Waals surface area contributed by atoms with Gasteiger partial charge in [0.05, 0.1) is 11.4 Å². The Labute approximate surface area is 239 Å². The largest absolute Gasteiger partial charge is 0.405 e. The molecule has 0 radical (unpaired) electrons. The van der Waals surface area contributed by atoms with Crippen LogP contribution in [0.4, 0.5) is 0 Å². The Kier molecular flexibility index (Phi) is 9.04. The highest BCUT2D eigenvalue weighted by atomic mass is 15.0. The predicted molar refractivity (Wildman–Crippen MR) is 177 cm³/mol. The number of nitrogens with zero attached hydrogens (tertiary/aromatic N) is 1. The van der Waals surface area contributed by atoms with Crippen LogP contribution in [0.5, 0.6) is 0 Å². The molecule has 0 fully saturated rings. The summed E-state index contributed by atoms with van der Waals surface area (Å²) in [6, 6.07) is 21.7. The maximum atomic E-state index is 5.51. The highest BCUT2D eigenvalue weighted by Gasteiger charge is 2.22. The number of allylic oxidation sites excluding steroid dienone is 8. The quantitative estimate of drug-likeness (QED) is 0.206. The number of aromatic nitrogens is 1. The standard InChI is InChI=1S/C38H38N2/c1-7-29(17-12-11-15-24-39)25-37-27(5)28(6)38(35-23-22-33(26-31(35)10-4)30(8-2)9-3)40(37)36-21-16-19-32-18-13-14-20-34(32)36/h7-16,18-26H,1-2,4,17,39H2,3,5-6H3/b12-11-,24-15-,29-25+,30-9+. The molecule has 0 amide bonds. The van der Waals surface area contributed by atoms with Crippen molar-refractivity contribution in [2.45, 2.75) is 27.2 Å².